The van der Waals surface area contributed by atoms with Gasteiger partial charge in [0, 0.05) is 11.9 Å². The molecule has 5 nitrogen and oxygen atoms in total. The van der Waals surface area contributed by atoms with Crippen LogP contribution in [0.3, 0.4) is 0 Å². The van der Waals surface area contributed by atoms with E-state index >= 15 is 0 Å². The molecule has 19 heavy (non-hydrogen) atoms. The van der Waals surface area contributed by atoms with Crippen molar-refractivity contribution in [1.82, 2.24) is 4.98 Å². The van der Waals surface area contributed by atoms with E-state index < -0.39 is 11.7 Å². The molecular weight excluding hydrogens is 249 g/mol. The third kappa shape index (κ3) is 2.79. The summed E-state index contributed by atoms with van der Waals surface area (Å²) in [6.45, 7) is 0. The molecule has 1 aromatic carbocycles. The number of nitrogens with zero attached hydrogens (tertiary/aromatic N) is 1. The number of nitrogens with two attached hydrogens (primary N) is 1. The first-order chi connectivity index (χ1) is 9.11. The molecule has 0 aliphatic heterocycles. The number of rotatable bonds is 3. The van der Waals surface area contributed by atoms with Crippen molar-refractivity contribution in [2.45, 2.75) is 0 Å². The molecule has 6 heteroatoms. The molecule has 0 bridgehead atoms. The Labute approximate surface area is 109 Å². The smallest absolute Gasteiger partial charge is 0.259 e. The fourth-order valence-corrected chi connectivity index (χ4v) is 1.56. The van der Waals surface area contributed by atoms with Crippen LogP contribution in [0.2, 0.25) is 0 Å². The molecule has 0 saturated heterocycles. The van der Waals surface area contributed by atoms with Crippen molar-refractivity contribution in [3.05, 3.63) is 48.0 Å². The van der Waals surface area contributed by atoms with Crippen molar-refractivity contribution < 1.29 is 13.9 Å². The highest BCUT2D eigenvalue weighted by molar-refractivity contribution is 6.06. The average molecular weight is 261 g/mol. The third-order valence-electron chi connectivity index (χ3n) is 2.49. The lowest BCUT2D eigenvalue weighted by Crippen LogP contribution is -2.14. The second-order valence-corrected chi connectivity index (χ2v) is 3.77. The summed E-state index contributed by atoms with van der Waals surface area (Å²) in [4.78, 5) is 15.9. The van der Waals surface area contributed by atoms with Crippen LogP contribution in [0.5, 0.6) is 5.75 Å². The Bertz CT molecular complexity index is 617. The number of carbonyl (C=O) groups is 1. The monoisotopic (exact) mass is 261 g/mol. The number of hydrogen-bond donors (Lipinski definition) is 2. The van der Waals surface area contributed by atoms with E-state index in [0.29, 0.717) is 11.4 Å². The number of hydrogen-bond acceptors (Lipinski definition) is 4. The van der Waals surface area contributed by atoms with E-state index in [9.17, 15) is 9.18 Å². The van der Waals surface area contributed by atoms with Crippen molar-refractivity contribution in [3.63, 3.8) is 0 Å². The molecule has 0 unspecified atom stereocenters. The van der Waals surface area contributed by atoms with Gasteiger partial charge in [0.05, 0.1) is 24.6 Å². The molecule has 0 aliphatic rings. The number of benzene rings is 1. The van der Waals surface area contributed by atoms with E-state index in [0.717, 1.165) is 0 Å². The first-order valence-electron chi connectivity index (χ1n) is 5.46. The fourth-order valence-electron chi connectivity index (χ4n) is 1.56. The van der Waals surface area contributed by atoms with Gasteiger partial charge < -0.3 is 15.8 Å². The number of aromatic nitrogens is 1. The topological polar surface area (TPSA) is 77.2 Å². The Morgan fingerprint density at radius 2 is 2.21 bits per heavy atom. The van der Waals surface area contributed by atoms with Gasteiger partial charge in [-0.15, -0.1) is 0 Å². The normalized spacial score (nSPS) is 10.0. The third-order valence-corrected chi connectivity index (χ3v) is 2.49. The lowest BCUT2D eigenvalue weighted by molar-refractivity contribution is 0.102. The summed E-state index contributed by atoms with van der Waals surface area (Å²) in [5.74, 6) is -0.747. The predicted octanol–water partition coefficient (Wildman–Crippen LogP) is 2.06. The number of nitrogen functional groups attached to an aromatic ring is 1. The van der Waals surface area contributed by atoms with E-state index in [-0.39, 0.29) is 11.3 Å². The van der Waals surface area contributed by atoms with Crippen LogP contribution in [0.4, 0.5) is 15.8 Å². The Kier molecular flexibility index (Phi) is 3.61. The van der Waals surface area contributed by atoms with Crippen LogP contribution in [0.15, 0.2) is 36.7 Å². The highest BCUT2D eigenvalue weighted by Crippen LogP contribution is 2.21. The molecule has 1 amide bonds. The summed E-state index contributed by atoms with van der Waals surface area (Å²) < 4.78 is 18.5. The molecule has 0 radical (unpaired) electrons. The second-order valence-electron chi connectivity index (χ2n) is 3.77. The van der Waals surface area contributed by atoms with E-state index in [2.05, 4.69) is 10.3 Å². The number of pyridine rings is 1. The van der Waals surface area contributed by atoms with Gasteiger partial charge in [-0.1, -0.05) is 0 Å². The molecule has 98 valence electrons. The van der Waals surface area contributed by atoms with Crippen LogP contribution in [0.25, 0.3) is 0 Å². The zero-order chi connectivity index (χ0) is 13.8. The molecule has 3 N–H and O–H groups in total. The number of methoxy groups -OCH3 is 1. The number of nitrogens with one attached hydrogen (secondary N) is 1. The molecule has 0 spiro atoms. The van der Waals surface area contributed by atoms with Gasteiger partial charge in [0.2, 0.25) is 0 Å². The molecule has 0 aliphatic carbocycles. The van der Waals surface area contributed by atoms with Crippen molar-refractivity contribution in [3.8, 4) is 5.75 Å². The van der Waals surface area contributed by atoms with Crippen LogP contribution in [0.1, 0.15) is 10.4 Å². The molecular formula is C13H12FN3O2. The van der Waals surface area contributed by atoms with Crippen LogP contribution in [-0.4, -0.2) is 18.0 Å². The molecule has 2 rings (SSSR count). The maximum atomic E-state index is 13.5. The van der Waals surface area contributed by atoms with Crippen molar-refractivity contribution >= 4 is 17.3 Å². The lowest BCUT2D eigenvalue weighted by Gasteiger charge is -2.09. The maximum absolute atomic E-state index is 13.5. The van der Waals surface area contributed by atoms with E-state index in [1.807, 2.05) is 0 Å². The van der Waals surface area contributed by atoms with Crippen LogP contribution >= 0.6 is 0 Å². The van der Waals surface area contributed by atoms with Crippen molar-refractivity contribution in [2.24, 2.45) is 0 Å². The van der Waals surface area contributed by atoms with E-state index in [1.165, 1.54) is 43.8 Å². The Morgan fingerprint density at radius 1 is 1.42 bits per heavy atom. The van der Waals surface area contributed by atoms with Gasteiger partial charge in [0.1, 0.15) is 11.6 Å². The molecule has 0 fully saturated rings. The van der Waals surface area contributed by atoms with Gasteiger partial charge in [0.15, 0.2) is 0 Å². The Hall–Kier alpha value is -2.63. The number of halogens is 1. The zero-order valence-corrected chi connectivity index (χ0v) is 10.2. The minimum Gasteiger partial charge on any atom is -0.494 e. The minimum absolute atomic E-state index is 0.0175. The van der Waals surface area contributed by atoms with Gasteiger partial charge in [-0.3, -0.25) is 9.78 Å². The summed E-state index contributed by atoms with van der Waals surface area (Å²) in [6, 6.07) is 5.44. The van der Waals surface area contributed by atoms with Crippen molar-refractivity contribution in [1.29, 1.82) is 0 Å². The fraction of sp³-hybridized carbons (Fsp3) is 0.0769. The molecule has 0 atom stereocenters. The molecule has 1 heterocycles. The molecule has 2 aromatic rings. The number of amides is 1. The summed E-state index contributed by atoms with van der Waals surface area (Å²) in [7, 11) is 1.43. The van der Waals surface area contributed by atoms with E-state index in [1.54, 1.807) is 0 Å². The number of ether oxygens (including phenoxy) is 1. The van der Waals surface area contributed by atoms with Gasteiger partial charge >= 0.3 is 0 Å². The Balaban J connectivity index is 2.28. The van der Waals surface area contributed by atoms with Gasteiger partial charge in [-0.05, 0) is 24.3 Å². The summed E-state index contributed by atoms with van der Waals surface area (Å²) in [6.07, 6.45) is 2.86. The predicted molar refractivity (Wildman–Crippen MR) is 69.6 cm³/mol. The number of carbonyl (C=O) groups excluding carboxylic acids is 1. The van der Waals surface area contributed by atoms with Crippen LogP contribution in [0, 0.1) is 5.82 Å². The summed E-state index contributed by atoms with van der Waals surface area (Å²) in [5.41, 5.74) is 6.19. The van der Waals surface area contributed by atoms with Crippen molar-refractivity contribution in [2.75, 3.05) is 18.2 Å². The largest absolute Gasteiger partial charge is 0.494 e. The highest BCUT2D eigenvalue weighted by Gasteiger charge is 2.14. The first kappa shape index (κ1) is 12.8. The van der Waals surface area contributed by atoms with E-state index in [4.69, 9.17) is 10.5 Å². The second kappa shape index (κ2) is 5.34. The minimum atomic E-state index is -0.560. The lowest BCUT2D eigenvalue weighted by atomic mass is 10.2. The summed E-state index contributed by atoms with van der Waals surface area (Å²) in [5, 5.41) is 2.44. The standard InChI is InChI=1S/C13H12FN3O2/c1-19-12-7-16-5-4-9(12)13(18)17-11-6-8(15)2-3-10(11)14/h2-7H,15H2,1H3,(H,17,18). The van der Waals surface area contributed by atoms with Gasteiger partial charge in [-0.25, -0.2) is 4.39 Å². The number of anilines is 2. The van der Waals surface area contributed by atoms with Crippen LogP contribution < -0.4 is 15.8 Å². The first-order valence-corrected chi connectivity index (χ1v) is 5.46. The molecule has 0 saturated carbocycles. The summed E-state index contributed by atoms with van der Waals surface area (Å²) >= 11 is 0. The Morgan fingerprint density at radius 3 is 2.95 bits per heavy atom. The zero-order valence-electron chi connectivity index (χ0n) is 10.2. The van der Waals surface area contributed by atoms with Gasteiger partial charge in [-0.2, -0.15) is 0 Å². The highest BCUT2D eigenvalue weighted by atomic mass is 19.1. The maximum Gasteiger partial charge on any atom is 0.259 e. The van der Waals surface area contributed by atoms with Gasteiger partial charge in [0.25, 0.3) is 5.91 Å². The van der Waals surface area contributed by atoms with Crippen LogP contribution in [-0.2, 0) is 0 Å². The average Bonchev–Trinajstić information content (AvgIpc) is 2.42. The molecule has 1 aromatic heterocycles. The SMILES string of the molecule is COc1cnccc1C(=O)Nc1cc(N)ccc1F. The quantitative estimate of drug-likeness (QED) is 0.829.